The minimum Gasteiger partial charge on any atom is -0.253 e. The Balaban J connectivity index is 1.94. The second kappa shape index (κ2) is 4.55. The van der Waals surface area contributed by atoms with Crippen LogP contribution in [-0.2, 0) is 0 Å². The van der Waals surface area contributed by atoms with E-state index in [1.165, 1.54) is 5.56 Å². The predicted molar refractivity (Wildman–Crippen MR) is 72.6 cm³/mol. The molecule has 1 aliphatic carbocycles. The van der Waals surface area contributed by atoms with Gasteiger partial charge < -0.3 is 0 Å². The average molecular weight is 261 g/mol. The maximum Gasteiger partial charge on any atom is 0.248 e. The van der Waals surface area contributed by atoms with Gasteiger partial charge in [-0.05, 0) is 37.5 Å². The smallest absolute Gasteiger partial charge is 0.248 e. The summed E-state index contributed by atoms with van der Waals surface area (Å²) in [5.74, 6) is -2.29. The van der Waals surface area contributed by atoms with Gasteiger partial charge in [-0.2, -0.15) is 0 Å². The van der Waals surface area contributed by atoms with Crippen LogP contribution in [0.4, 0.5) is 8.78 Å². The van der Waals surface area contributed by atoms with Crippen molar-refractivity contribution in [2.75, 3.05) is 0 Å². The van der Waals surface area contributed by atoms with E-state index in [9.17, 15) is 8.78 Å². The lowest BCUT2D eigenvalue weighted by molar-refractivity contribution is -0.0384. The molecule has 2 aromatic rings. The molecule has 1 aromatic carbocycles. The number of fused-ring (bicyclic) bond motifs is 1. The molecule has 0 saturated heterocycles. The second-order valence-electron chi connectivity index (χ2n) is 5.51. The number of rotatable bonds is 1. The Hall–Kier alpha value is -1.51. The third-order valence-corrected chi connectivity index (χ3v) is 4.08. The molecule has 1 aromatic heterocycles. The molecule has 0 bridgehead atoms. The fourth-order valence-corrected chi connectivity index (χ4v) is 2.92. The third kappa shape index (κ3) is 2.46. The van der Waals surface area contributed by atoms with E-state index in [2.05, 4.69) is 24.0 Å². The maximum atomic E-state index is 13.2. The van der Waals surface area contributed by atoms with Crippen molar-refractivity contribution in [2.24, 2.45) is 0 Å². The Bertz CT molecular complexity index is 597. The van der Waals surface area contributed by atoms with Gasteiger partial charge in [-0.15, -0.1) is 0 Å². The van der Waals surface area contributed by atoms with E-state index in [0.29, 0.717) is 12.8 Å². The summed E-state index contributed by atoms with van der Waals surface area (Å²) in [5, 5.41) is 1.15. The van der Waals surface area contributed by atoms with Crippen LogP contribution in [0.25, 0.3) is 10.9 Å². The molecule has 3 heteroatoms. The zero-order valence-corrected chi connectivity index (χ0v) is 11.0. The summed E-state index contributed by atoms with van der Waals surface area (Å²) in [5.41, 5.74) is 3.12. The fourth-order valence-electron chi connectivity index (χ4n) is 2.92. The van der Waals surface area contributed by atoms with E-state index >= 15 is 0 Å². The fraction of sp³-hybridized carbons (Fsp3) is 0.438. The molecule has 1 saturated carbocycles. The van der Waals surface area contributed by atoms with Crippen LogP contribution in [0.1, 0.15) is 42.9 Å². The number of hydrogen-bond acceptors (Lipinski definition) is 1. The minimum absolute atomic E-state index is 0.00871. The highest BCUT2D eigenvalue weighted by Gasteiger charge is 2.35. The van der Waals surface area contributed by atoms with Crippen molar-refractivity contribution in [1.82, 2.24) is 4.98 Å². The SMILES string of the molecule is Cc1cc(C2CCC(F)(F)CC2)nc2ccccc12. The van der Waals surface area contributed by atoms with Gasteiger partial charge >= 0.3 is 0 Å². The Morgan fingerprint density at radius 2 is 1.84 bits per heavy atom. The number of aromatic nitrogens is 1. The largest absolute Gasteiger partial charge is 0.253 e. The summed E-state index contributed by atoms with van der Waals surface area (Å²) in [4.78, 5) is 4.66. The van der Waals surface area contributed by atoms with E-state index in [1.807, 2.05) is 18.2 Å². The summed E-state index contributed by atoms with van der Waals surface area (Å²) in [6.45, 7) is 2.06. The summed E-state index contributed by atoms with van der Waals surface area (Å²) < 4.78 is 26.4. The number of hydrogen-bond donors (Lipinski definition) is 0. The molecule has 0 unspecified atom stereocenters. The van der Waals surface area contributed by atoms with Crippen LogP contribution >= 0.6 is 0 Å². The van der Waals surface area contributed by atoms with E-state index in [4.69, 9.17) is 0 Å². The molecule has 100 valence electrons. The second-order valence-corrected chi connectivity index (χ2v) is 5.51. The number of pyridine rings is 1. The molecule has 0 N–H and O–H groups in total. The molecule has 3 rings (SSSR count). The van der Waals surface area contributed by atoms with Crippen molar-refractivity contribution in [3.05, 3.63) is 41.6 Å². The van der Waals surface area contributed by atoms with E-state index in [0.717, 1.165) is 16.6 Å². The van der Waals surface area contributed by atoms with Gasteiger partial charge in [0.1, 0.15) is 0 Å². The molecule has 1 aliphatic rings. The molecule has 0 aliphatic heterocycles. The van der Waals surface area contributed by atoms with Crippen LogP contribution in [0.3, 0.4) is 0 Å². The Morgan fingerprint density at radius 3 is 2.58 bits per heavy atom. The van der Waals surface area contributed by atoms with Gasteiger partial charge in [-0.1, -0.05) is 18.2 Å². The molecule has 0 spiro atoms. The van der Waals surface area contributed by atoms with Crippen molar-refractivity contribution in [2.45, 2.75) is 44.4 Å². The topological polar surface area (TPSA) is 12.9 Å². The summed E-state index contributed by atoms with van der Waals surface area (Å²) in [7, 11) is 0. The van der Waals surface area contributed by atoms with Gasteiger partial charge in [0.2, 0.25) is 5.92 Å². The molecule has 1 nitrogen and oxygen atoms in total. The number of alkyl halides is 2. The van der Waals surface area contributed by atoms with Crippen molar-refractivity contribution in [3.8, 4) is 0 Å². The summed E-state index contributed by atoms with van der Waals surface area (Å²) >= 11 is 0. The van der Waals surface area contributed by atoms with Gasteiger partial charge in [-0.25, -0.2) is 8.78 Å². The number of aryl methyl sites for hydroxylation is 1. The lowest BCUT2D eigenvalue weighted by Crippen LogP contribution is -2.24. The minimum atomic E-state index is -2.47. The van der Waals surface area contributed by atoms with E-state index in [1.54, 1.807) is 0 Å². The first-order valence-corrected chi connectivity index (χ1v) is 6.79. The van der Waals surface area contributed by atoms with Crippen molar-refractivity contribution >= 4 is 10.9 Å². The van der Waals surface area contributed by atoms with E-state index in [-0.39, 0.29) is 18.8 Å². The van der Waals surface area contributed by atoms with Gasteiger partial charge in [0.15, 0.2) is 0 Å². The lowest BCUT2D eigenvalue weighted by atomic mass is 9.84. The van der Waals surface area contributed by atoms with Gasteiger partial charge in [0.05, 0.1) is 5.52 Å². The van der Waals surface area contributed by atoms with Crippen molar-refractivity contribution < 1.29 is 8.78 Å². The lowest BCUT2D eigenvalue weighted by Gasteiger charge is -2.28. The van der Waals surface area contributed by atoms with Crippen LogP contribution in [0.15, 0.2) is 30.3 Å². The van der Waals surface area contributed by atoms with Crippen LogP contribution in [0, 0.1) is 6.92 Å². The van der Waals surface area contributed by atoms with Gasteiger partial charge in [0, 0.05) is 29.8 Å². The zero-order valence-electron chi connectivity index (χ0n) is 11.0. The monoisotopic (exact) mass is 261 g/mol. The Kier molecular flexibility index (Phi) is 3.00. The Morgan fingerprint density at radius 1 is 1.16 bits per heavy atom. The first kappa shape index (κ1) is 12.5. The van der Waals surface area contributed by atoms with Crippen LogP contribution in [-0.4, -0.2) is 10.9 Å². The van der Waals surface area contributed by atoms with Crippen molar-refractivity contribution in [1.29, 1.82) is 0 Å². The Labute approximate surface area is 111 Å². The number of halogens is 2. The summed E-state index contributed by atoms with van der Waals surface area (Å²) in [6, 6.07) is 10.1. The molecule has 0 radical (unpaired) electrons. The van der Waals surface area contributed by atoms with Crippen LogP contribution in [0.2, 0.25) is 0 Å². The molecule has 0 amide bonds. The molecule has 19 heavy (non-hydrogen) atoms. The first-order valence-electron chi connectivity index (χ1n) is 6.79. The van der Waals surface area contributed by atoms with Gasteiger partial charge in [0.25, 0.3) is 0 Å². The van der Waals surface area contributed by atoms with Crippen LogP contribution in [0.5, 0.6) is 0 Å². The maximum absolute atomic E-state index is 13.2. The molecular formula is C16H17F2N. The number of nitrogens with zero attached hydrogens (tertiary/aromatic N) is 1. The van der Waals surface area contributed by atoms with Gasteiger partial charge in [-0.3, -0.25) is 4.98 Å². The molecular weight excluding hydrogens is 244 g/mol. The van der Waals surface area contributed by atoms with E-state index < -0.39 is 5.92 Å². The molecule has 1 fully saturated rings. The number of para-hydroxylation sites is 1. The first-order chi connectivity index (χ1) is 9.05. The predicted octanol–water partition coefficient (Wildman–Crippen LogP) is 4.84. The number of benzene rings is 1. The van der Waals surface area contributed by atoms with Crippen LogP contribution < -0.4 is 0 Å². The van der Waals surface area contributed by atoms with Crippen molar-refractivity contribution in [3.63, 3.8) is 0 Å². The highest BCUT2D eigenvalue weighted by molar-refractivity contribution is 5.82. The molecule has 1 heterocycles. The third-order valence-electron chi connectivity index (χ3n) is 4.08. The normalized spacial score (nSPS) is 19.7. The zero-order chi connectivity index (χ0) is 13.5. The average Bonchev–Trinajstić information content (AvgIpc) is 2.38. The highest BCUT2D eigenvalue weighted by Crippen LogP contribution is 2.40. The molecule has 0 atom stereocenters. The highest BCUT2D eigenvalue weighted by atomic mass is 19.3. The quantitative estimate of drug-likeness (QED) is 0.716. The standard InChI is InChI=1S/C16H17F2N/c1-11-10-15(12-6-8-16(17,18)9-7-12)19-14-5-3-2-4-13(11)14/h2-5,10,12H,6-9H2,1H3. The summed E-state index contributed by atoms with van der Waals surface area (Å²) in [6.07, 6.45) is 1.06.